The van der Waals surface area contributed by atoms with Gasteiger partial charge in [-0.15, -0.1) is 11.3 Å². The summed E-state index contributed by atoms with van der Waals surface area (Å²) in [5, 5.41) is 8.88. The highest BCUT2D eigenvalue weighted by atomic mass is 32.2. The molecule has 17 heavy (non-hydrogen) atoms. The molecular weight excluding hydrogens is 260 g/mol. The Bertz CT molecular complexity index is 440. The van der Waals surface area contributed by atoms with E-state index in [9.17, 15) is 8.42 Å². The Morgan fingerprint density at radius 3 is 2.65 bits per heavy atom. The lowest BCUT2D eigenvalue weighted by atomic mass is 10.4. The summed E-state index contributed by atoms with van der Waals surface area (Å²) in [6, 6.07) is 3.14. The van der Waals surface area contributed by atoms with E-state index in [0.29, 0.717) is 11.4 Å². The second kappa shape index (κ2) is 6.46. The number of aliphatic hydroxyl groups is 1. The summed E-state index contributed by atoms with van der Waals surface area (Å²) in [6.45, 7) is 1.14. The first-order valence-corrected chi connectivity index (χ1v) is 7.59. The van der Waals surface area contributed by atoms with Gasteiger partial charge in [-0.1, -0.05) is 0 Å². The Morgan fingerprint density at radius 1 is 1.41 bits per heavy atom. The first-order chi connectivity index (χ1) is 7.95. The number of nitrogens with zero attached hydrogens (tertiary/aromatic N) is 1. The van der Waals surface area contributed by atoms with Crippen LogP contribution in [0.15, 0.2) is 16.3 Å². The number of thiophene rings is 1. The fraction of sp³-hybridized carbons (Fsp3) is 0.600. The molecule has 0 bridgehead atoms. The van der Waals surface area contributed by atoms with Crippen LogP contribution < -0.4 is 4.72 Å². The third kappa shape index (κ3) is 4.72. The van der Waals surface area contributed by atoms with Gasteiger partial charge in [0, 0.05) is 11.4 Å². The molecule has 0 fully saturated rings. The maximum Gasteiger partial charge on any atom is 0.250 e. The standard InChI is InChI=1S/C10H18N2O3S2/c1-12(2)7-3-6-11-17(14,15)10-5-4-9(8-13)16-10/h4-5,11,13H,3,6-8H2,1-2H3. The molecule has 0 aliphatic heterocycles. The van der Waals surface area contributed by atoms with Gasteiger partial charge in [0.05, 0.1) is 6.61 Å². The van der Waals surface area contributed by atoms with Crippen LogP contribution in [-0.4, -0.2) is 45.6 Å². The van der Waals surface area contributed by atoms with E-state index in [1.165, 1.54) is 6.07 Å². The SMILES string of the molecule is CN(C)CCCNS(=O)(=O)c1ccc(CO)s1. The number of rotatable bonds is 7. The van der Waals surface area contributed by atoms with Crippen LogP contribution in [0.4, 0.5) is 0 Å². The third-order valence-electron chi connectivity index (χ3n) is 2.13. The van der Waals surface area contributed by atoms with Crippen LogP contribution in [-0.2, 0) is 16.6 Å². The van der Waals surface area contributed by atoms with Crippen molar-refractivity contribution < 1.29 is 13.5 Å². The summed E-state index contributed by atoms with van der Waals surface area (Å²) in [5.41, 5.74) is 0. The highest BCUT2D eigenvalue weighted by Gasteiger charge is 2.15. The average Bonchev–Trinajstić information content (AvgIpc) is 2.73. The molecule has 0 radical (unpaired) electrons. The molecule has 1 aromatic rings. The molecule has 0 unspecified atom stereocenters. The minimum absolute atomic E-state index is 0.124. The molecule has 0 aliphatic rings. The predicted octanol–water partition coefficient (Wildman–Crippen LogP) is 0.470. The van der Waals surface area contributed by atoms with Crippen molar-refractivity contribution in [3.8, 4) is 0 Å². The van der Waals surface area contributed by atoms with E-state index in [2.05, 4.69) is 4.72 Å². The van der Waals surface area contributed by atoms with Crippen LogP contribution in [0.2, 0.25) is 0 Å². The van der Waals surface area contributed by atoms with Crippen molar-refractivity contribution in [3.05, 3.63) is 17.0 Å². The molecular formula is C10H18N2O3S2. The number of sulfonamides is 1. The molecule has 0 aliphatic carbocycles. The maximum absolute atomic E-state index is 11.8. The van der Waals surface area contributed by atoms with Crippen molar-refractivity contribution in [3.63, 3.8) is 0 Å². The minimum Gasteiger partial charge on any atom is -0.391 e. The summed E-state index contributed by atoms with van der Waals surface area (Å²) >= 11 is 1.09. The maximum atomic E-state index is 11.8. The zero-order valence-corrected chi connectivity index (χ0v) is 11.6. The van der Waals surface area contributed by atoms with E-state index in [0.717, 1.165) is 24.3 Å². The number of hydrogen-bond acceptors (Lipinski definition) is 5. The number of hydrogen-bond donors (Lipinski definition) is 2. The number of aliphatic hydroxyl groups excluding tert-OH is 1. The van der Waals surface area contributed by atoms with Crippen LogP contribution in [0.3, 0.4) is 0 Å². The summed E-state index contributed by atoms with van der Waals surface area (Å²) in [7, 11) is 0.483. The largest absolute Gasteiger partial charge is 0.391 e. The second-order valence-electron chi connectivity index (χ2n) is 3.93. The van der Waals surface area contributed by atoms with Crippen molar-refractivity contribution in [2.24, 2.45) is 0 Å². The van der Waals surface area contributed by atoms with E-state index in [1.54, 1.807) is 6.07 Å². The summed E-state index contributed by atoms with van der Waals surface area (Å²) in [6.07, 6.45) is 0.768. The van der Waals surface area contributed by atoms with Crippen molar-refractivity contribution in [2.45, 2.75) is 17.2 Å². The second-order valence-corrected chi connectivity index (χ2v) is 7.10. The molecule has 0 atom stereocenters. The summed E-state index contributed by atoms with van der Waals surface area (Å²) < 4.78 is 26.4. The zero-order chi connectivity index (χ0) is 12.9. The van der Waals surface area contributed by atoms with Gasteiger partial charge in [-0.25, -0.2) is 13.1 Å². The monoisotopic (exact) mass is 278 g/mol. The van der Waals surface area contributed by atoms with Gasteiger partial charge in [0.1, 0.15) is 4.21 Å². The highest BCUT2D eigenvalue weighted by Crippen LogP contribution is 2.21. The Balaban J connectivity index is 2.51. The van der Waals surface area contributed by atoms with E-state index in [4.69, 9.17) is 5.11 Å². The highest BCUT2D eigenvalue weighted by molar-refractivity contribution is 7.91. The fourth-order valence-corrected chi connectivity index (χ4v) is 3.59. The smallest absolute Gasteiger partial charge is 0.250 e. The first kappa shape index (κ1) is 14.6. The van der Waals surface area contributed by atoms with Crippen molar-refractivity contribution >= 4 is 21.4 Å². The summed E-state index contributed by atoms with van der Waals surface area (Å²) in [4.78, 5) is 2.65. The minimum atomic E-state index is -3.41. The van der Waals surface area contributed by atoms with Gasteiger partial charge in [0.15, 0.2) is 0 Å². The van der Waals surface area contributed by atoms with Gasteiger partial charge in [-0.3, -0.25) is 0 Å². The Hall–Kier alpha value is -0.470. The molecule has 98 valence electrons. The van der Waals surface area contributed by atoms with Crippen LogP contribution in [0.1, 0.15) is 11.3 Å². The lowest BCUT2D eigenvalue weighted by Crippen LogP contribution is -2.26. The molecule has 5 nitrogen and oxygen atoms in total. The lowest BCUT2D eigenvalue weighted by Gasteiger charge is -2.09. The number of nitrogens with one attached hydrogen (secondary N) is 1. The lowest BCUT2D eigenvalue weighted by molar-refractivity contribution is 0.285. The molecule has 0 saturated carbocycles. The fourth-order valence-electron chi connectivity index (χ4n) is 1.26. The quantitative estimate of drug-likeness (QED) is 0.711. The van der Waals surface area contributed by atoms with E-state index >= 15 is 0 Å². The van der Waals surface area contributed by atoms with Crippen molar-refractivity contribution in [2.75, 3.05) is 27.2 Å². The molecule has 0 amide bonds. The molecule has 7 heteroatoms. The molecule has 0 saturated heterocycles. The third-order valence-corrected chi connectivity index (χ3v) is 5.15. The Morgan fingerprint density at radius 2 is 2.12 bits per heavy atom. The van der Waals surface area contributed by atoms with Crippen molar-refractivity contribution in [1.82, 2.24) is 9.62 Å². The van der Waals surface area contributed by atoms with Gasteiger partial charge < -0.3 is 10.0 Å². The van der Waals surface area contributed by atoms with Crippen LogP contribution >= 0.6 is 11.3 Å². The Kier molecular flexibility index (Phi) is 5.54. The van der Waals surface area contributed by atoms with Gasteiger partial charge in [0.2, 0.25) is 10.0 Å². The molecule has 1 rings (SSSR count). The predicted molar refractivity (Wildman–Crippen MR) is 68.6 cm³/mol. The van der Waals surface area contributed by atoms with Crippen LogP contribution in [0.25, 0.3) is 0 Å². The van der Waals surface area contributed by atoms with Gasteiger partial charge in [-0.05, 0) is 39.2 Å². The van der Waals surface area contributed by atoms with Gasteiger partial charge in [0.25, 0.3) is 0 Å². The normalized spacial score (nSPS) is 12.2. The average molecular weight is 278 g/mol. The Labute approximate surface area is 106 Å². The van der Waals surface area contributed by atoms with E-state index < -0.39 is 10.0 Å². The van der Waals surface area contributed by atoms with Gasteiger partial charge >= 0.3 is 0 Å². The molecule has 1 heterocycles. The molecule has 1 aromatic heterocycles. The van der Waals surface area contributed by atoms with Gasteiger partial charge in [-0.2, -0.15) is 0 Å². The van der Waals surface area contributed by atoms with Crippen molar-refractivity contribution in [1.29, 1.82) is 0 Å². The molecule has 2 N–H and O–H groups in total. The molecule has 0 aromatic carbocycles. The zero-order valence-electron chi connectivity index (χ0n) is 10.0. The first-order valence-electron chi connectivity index (χ1n) is 5.29. The van der Waals surface area contributed by atoms with E-state index in [1.807, 2.05) is 19.0 Å². The van der Waals surface area contributed by atoms with Crippen LogP contribution in [0.5, 0.6) is 0 Å². The topological polar surface area (TPSA) is 69.6 Å². The van der Waals surface area contributed by atoms with Crippen LogP contribution in [0, 0.1) is 0 Å². The molecule has 0 spiro atoms. The summed E-state index contributed by atoms with van der Waals surface area (Å²) in [5.74, 6) is 0. The van der Waals surface area contributed by atoms with E-state index in [-0.39, 0.29) is 10.8 Å².